The van der Waals surface area contributed by atoms with Gasteiger partial charge in [0.2, 0.25) is 5.91 Å². The average Bonchev–Trinajstić information content (AvgIpc) is 3.10. The molecule has 2 fully saturated rings. The summed E-state index contributed by atoms with van der Waals surface area (Å²) in [6.45, 7) is 5.24. The Kier molecular flexibility index (Phi) is 5.07. The van der Waals surface area contributed by atoms with E-state index < -0.39 is 5.41 Å². The predicted molar refractivity (Wildman–Crippen MR) is 79.9 cm³/mol. The smallest absolute Gasteiger partial charge is 0.243 e. The standard InChI is InChI=1S/C17H28N2O/c1-14(2)9-12-19(15-7-3-4-8-15)16(20)17(13-18)10-5-6-11-17/h14-15H,3-12H2,1-2H3. The van der Waals surface area contributed by atoms with Crippen molar-refractivity contribution in [1.82, 2.24) is 4.90 Å². The minimum Gasteiger partial charge on any atom is -0.338 e. The molecule has 0 aliphatic heterocycles. The van der Waals surface area contributed by atoms with Crippen molar-refractivity contribution in [2.75, 3.05) is 6.54 Å². The number of nitrogens with zero attached hydrogens (tertiary/aromatic N) is 2. The fourth-order valence-electron chi connectivity index (χ4n) is 3.69. The zero-order chi connectivity index (χ0) is 14.6. The van der Waals surface area contributed by atoms with Crippen LogP contribution in [-0.2, 0) is 4.79 Å². The summed E-state index contributed by atoms with van der Waals surface area (Å²) in [7, 11) is 0. The van der Waals surface area contributed by atoms with Crippen LogP contribution in [0.15, 0.2) is 0 Å². The van der Waals surface area contributed by atoms with Gasteiger partial charge in [-0.25, -0.2) is 0 Å². The highest BCUT2D eigenvalue weighted by atomic mass is 16.2. The van der Waals surface area contributed by atoms with Crippen LogP contribution in [0.3, 0.4) is 0 Å². The summed E-state index contributed by atoms with van der Waals surface area (Å²) < 4.78 is 0. The quantitative estimate of drug-likeness (QED) is 0.764. The van der Waals surface area contributed by atoms with Crippen molar-refractivity contribution in [3.05, 3.63) is 0 Å². The third kappa shape index (κ3) is 3.16. The van der Waals surface area contributed by atoms with E-state index in [9.17, 15) is 10.1 Å². The van der Waals surface area contributed by atoms with Crippen LogP contribution in [-0.4, -0.2) is 23.4 Å². The number of nitriles is 1. The van der Waals surface area contributed by atoms with Crippen molar-refractivity contribution < 1.29 is 4.79 Å². The highest BCUT2D eigenvalue weighted by molar-refractivity contribution is 5.86. The molecule has 1 amide bonds. The molecular weight excluding hydrogens is 248 g/mol. The lowest BCUT2D eigenvalue weighted by atomic mass is 9.85. The third-order valence-corrected chi connectivity index (χ3v) is 5.05. The summed E-state index contributed by atoms with van der Waals surface area (Å²) in [5.41, 5.74) is -0.695. The Morgan fingerprint density at radius 3 is 2.35 bits per heavy atom. The summed E-state index contributed by atoms with van der Waals surface area (Å²) in [6, 6.07) is 2.77. The van der Waals surface area contributed by atoms with E-state index in [0.717, 1.165) is 51.5 Å². The zero-order valence-electron chi connectivity index (χ0n) is 13.0. The number of amides is 1. The summed E-state index contributed by atoms with van der Waals surface area (Å²) in [5.74, 6) is 0.748. The molecule has 2 rings (SSSR count). The molecule has 2 aliphatic carbocycles. The van der Waals surface area contributed by atoms with Crippen molar-refractivity contribution in [1.29, 1.82) is 5.26 Å². The van der Waals surface area contributed by atoms with Gasteiger partial charge in [-0.2, -0.15) is 5.26 Å². The molecule has 0 bridgehead atoms. The number of hydrogen-bond acceptors (Lipinski definition) is 2. The average molecular weight is 276 g/mol. The molecule has 2 saturated carbocycles. The maximum atomic E-state index is 13.0. The monoisotopic (exact) mass is 276 g/mol. The second-order valence-electron chi connectivity index (χ2n) is 7.02. The maximum absolute atomic E-state index is 13.0. The molecule has 0 unspecified atom stereocenters. The minimum atomic E-state index is -0.695. The lowest BCUT2D eigenvalue weighted by molar-refractivity contribution is -0.141. The second-order valence-corrected chi connectivity index (χ2v) is 7.02. The van der Waals surface area contributed by atoms with Gasteiger partial charge in [-0.1, -0.05) is 39.5 Å². The Morgan fingerprint density at radius 1 is 1.25 bits per heavy atom. The Labute approximate surface area is 123 Å². The molecule has 0 radical (unpaired) electrons. The summed E-state index contributed by atoms with van der Waals surface area (Å²) >= 11 is 0. The second kappa shape index (κ2) is 6.61. The highest BCUT2D eigenvalue weighted by Gasteiger charge is 2.45. The van der Waals surface area contributed by atoms with Gasteiger partial charge >= 0.3 is 0 Å². The first-order valence-corrected chi connectivity index (χ1v) is 8.31. The SMILES string of the molecule is CC(C)CCN(C(=O)C1(C#N)CCCC1)C1CCCC1. The maximum Gasteiger partial charge on any atom is 0.243 e. The topological polar surface area (TPSA) is 44.1 Å². The fourth-order valence-corrected chi connectivity index (χ4v) is 3.69. The van der Waals surface area contributed by atoms with Crippen LogP contribution in [0.2, 0.25) is 0 Å². The Hall–Kier alpha value is -1.04. The van der Waals surface area contributed by atoms with Crippen LogP contribution in [0.4, 0.5) is 0 Å². The van der Waals surface area contributed by atoms with Gasteiger partial charge in [0.05, 0.1) is 6.07 Å². The molecule has 0 spiro atoms. The molecule has 0 aromatic rings. The first kappa shape index (κ1) is 15.4. The molecule has 0 saturated heterocycles. The first-order valence-electron chi connectivity index (χ1n) is 8.31. The van der Waals surface area contributed by atoms with Crippen molar-refractivity contribution in [2.24, 2.45) is 11.3 Å². The van der Waals surface area contributed by atoms with E-state index in [-0.39, 0.29) is 5.91 Å². The van der Waals surface area contributed by atoms with Gasteiger partial charge in [0, 0.05) is 12.6 Å². The molecule has 0 N–H and O–H groups in total. The largest absolute Gasteiger partial charge is 0.338 e. The number of rotatable bonds is 5. The number of hydrogen-bond donors (Lipinski definition) is 0. The zero-order valence-corrected chi connectivity index (χ0v) is 13.0. The van der Waals surface area contributed by atoms with E-state index in [1.165, 1.54) is 12.8 Å². The van der Waals surface area contributed by atoms with E-state index in [1.807, 2.05) is 0 Å². The molecule has 20 heavy (non-hydrogen) atoms. The summed E-state index contributed by atoms with van der Waals surface area (Å²) in [6.07, 6.45) is 9.37. The van der Waals surface area contributed by atoms with E-state index >= 15 is 0 Å². The Balaban J connectivity index is 2.12. The van der Waals surface area contributed by atoms with E-state index in [2.05, 4.69) is 24.8 Å². The lowest BCUT2D eigenvalue weighted by Gasteiger charge is -2.35. The van der Waals surface area contributed by atoms with Gasteiger partial charge in [0.15, 0.2) is 0 Å². The van der Waals surface area contributed by atoms with Crippen molar-refractivity contribution in [3.63, 3.8) is 0 Å². The highest BCUT2D eigenvalue weighted by Crippen LogP contribution is 2.40. The van der Waals surface area contributed by atoms with E-state index in [1.54, 1.807) is 0 Å². The molecule has 112 valence electrons. The van der Waals surface area contributed by atoms with Crippen molar-refractivity contribution >= 4 is 5.91 Å². The molecule has 3 nitrogen and oxygen atoms in total. The Bertz CT molecular complexity index is 371. The summed E-state index contributed by atoms with van der Waals surface area (Å²) in [5, 5.41) is 9.56. The minimum absolute atomic E-state index is 0.144. The third-order valence-electron chi connectivity index (χ3n) is 5.05. The van der Waals surface area contributed by atoms with Crippen LogP contribution in [0, 0.1) is 22.7 Å². The van der Waals surface area contributed by atoms with Crippen LogP contribution in [0.5, 0.6) is 0 Å². The molecule has 0 atom stereocenters. The Morgan fingerprint density at radius 2 is 1.85 bits per heavy atom. The number of carbonyl (C=O) groups is 1. The van der Waals surface area contributed by atoms with E-state index in [4.69, 9.17) is 0 Å². The normalized spacial score (nSPS) is 22.1. The molecule has 0 aromatic carbocycles. The number of carbonyl (C=O) groups excluding carboxylic acids is 1. The van der Waals surface area contributed by atoms with Gasteiger partial charge in [-0.05, 0) is 38.0 Å². The predicted octanol–water partition coefficient (Wildman–Crippen LogP) is 3.89. The van der Waals surface area contributed by atoms with Gasteiger partial charge < -0.3 is 4.90 Å². The van der Waals surface area contributed by atoms with E-state index in [0.29, 0.717) is 12.0 Å². The molecule has 0 heterocycles. The lowest BCUT2D eigenvalue weighted by Crippen LogP contribution is -2.47. The van der Waals surface area contributed by atoms with Crippen molar-refractivity contribution in [3.8, 4) is 6.07 Å². The summed E-state index contributed by atoms with van der Waals surface area (Å²) in [4.78, 5) is 15.1. The van der Waals surface area contributed by atoms with Gasteiger partial charge in [0.25, 0.3) is 0 Å². The molecule has 2 aliphatic rings. The van der Waals surface area contributed by atoms with Crippen molar-refractivity contribution in [2.45, 2.75) is 77.7 Å². The van der Waals surface area contributed by atoms with Crippen LogP contribution in [0.1, 0.15) is 71.6 Å². The molecule has 3 heteroatoms. The van der Waals surface area contributed by atoms with Crippen LogP contribution >= 0.6 is 0 Å². The van der Waals surface area contributed by atoms with Crippen LogP contribution < -0.4 is 0 Å². The molecule has 0 aromatic heterocycles. The van der Waals surface area contributed by atoms with Gasteiger partial charge in [0.1, 0.15) is 5.41 Å². The van der Waals surface area contributed by atoms with Crippen LogP contribution in [0.25, 0.3) is 0 Å². The van der Waals surface area contributed by atoms with Gasteiger partial charge in [-0.15, -0.1) is 0 Å². The van der Waals surface area contributed by atoms with Gasteiger partial charge in [-0.3, -0.25) is 4.79 Å². The molecular formula is C17H28N2O. The first-order chi connectivity index (χ1) is 9.59. The fraction of sp³-hybridized carbons (Fsp3) is 0.882.